The largest absolute Gasteiger partial charge is 0.350 e. The van der Waals surface area contributed by atoms with Crippen LogP contribution >= 0.6 is 0 Å². The third-order valence-corrected chi connectivity index (χ3v) is 4.14. The van der Waals surface area contributed by atoms with E-state index in [0.29, 0.717) is 13.0 Å². The monoisotopic (exact) mass is 312 g/mol. The van der Waals surface area contributed by atoms with Crippen molar-refractivity contribution in [3.63, 3.8) is 0 Å². The second-order valence-corrected chi connectivity index (χ2v) is 5.72. The van der Waals surface area contributed by atoms with Crippen molar-refractivity contribution in [3.05, 3.63) is 48.5 Å². The Kier molecular flexibility index (Phi) is 4.41. The Labute approximate surface area is 135 Å². The summed E-state index contributed by atoms with van der Waals surface area (Å²) < 4.78 is 1.76. The number of rotatable bonds is 5. The minimum absolute atomic E-state index is 0.0539. The lowest BCUT2D eigenvalue weighted by Crippen LogP contribution is -2.30. The number of amides is 2. The fourth-order valence-electron chi connectivity index (χ4n) is 2.69. The van der Waals surface area contributed by atoms with Crippen molar-refractivity contribution in [2.45, 2.75) is 32.4 Å². The van der Waals surface area contributed by atoms with Crippen molar-refractivity contribution < 1.29 is 9.59 Å². The molecule has 2 aromatic rings. The molecule has 0 spiro atoms. The molecule has 0 saturated carbocycles. The average molecular weight is 312 g/mol. The van der Waals surface area contributed by atoms with E-state index in [0.717, 1.165) is 24.2 Å². The first-order valence-electron chi connectivity index (χ1n) is 7.79. The normalized spacial score (nSPS) is 15.7. The first-order chi connectivity index (χ1) is 11.1. The van der Waals surface area contributed by atoms with E-state index in [1.807, 2.05) is 36.1 Å². The number of imidazole rings is 1. The second kappa shape index (κ2) is 6.64. The molecule has 0 radical (unpaired) electrons. The third-order valence-electron chi connectivity index (χ3n) is 4.14. The lowest BCUT2D eigenvalue weighted by Gasteiger charge is -2.16. The molecule has 23 heavy (non-hydrogen) atoms. The zero-order valence-electron chi connectivity index (χ0n) is 13.1. The highest BCUT2D eigenvalue weighted by Gasteiger charge is 2.21. The molecule has 1 aliphatic rings. The summed E-state index contributed by atoms with van der Waals surface area (Å²) in [6.45, 7) is 3.09. The van der Waals surface area contributed by atoms with Gasteiger partial charge in [-0.3, -0.25) is 9.59 Å². The zero-order valence-corrected chi connectivity index (χ0v) is 13.1. The predicted molar refractivity (Wildman–Crippen MR) is 86.8 cm³/mol. The van der Waals surface area contributed by atoms with Gasteiger partial charge in [0.1, 0.15) is 6.04 Å². The fraction of sp³-hybridized carbons (Fsp3) is 0.353. The number of aromatic nitrogens is 2. The summed E-state index contributed by atoms with van der Waals surface area (Å²) >= 11 is 0. The van der Waals surface area contributed by atoms with Crippen LogP contribution in [-0.4, -0.2) is 27.9 Å². The van der Waals surface area contributed by atoms with Crippen molar-refractivity contribution in [1.82, 2.24) is 14.9 Å². The number of benzene rings is 1. The van der Waals surface area contributed by atoms with Crippen molar-refractivity contribution >= 4 is 17.5 Å². The van der Waals surface area contributed by atoms with Crippen LogP contribution in [0.5, 0.6) is 0 Å². The van der Waals surface area contributed by atoms with Gasteiger partial charge in [0.2, 0.25) is 11.8 Å². The summed E-state index contributed by atoms with van der Waals surface area (Å²) in [5, 5.41) is 2.92. The smallest absolute Gasteiger partial charge is 0.243 e. The summed E-state index contributed by atoms with van der Waals surface area (Å²) in [4.78, 5) is 29.6. The van der Waals surface area contributed by atoms with Crippen LogP contribution in [-0.2, 0) is 16.1 Å². The number of hydrogen-bond donors (Lipinski definition) is 1. The molecular weight excluding hydrogens is 292 g/mol. The van der Waals surface area contributed by atoms with Gasteiger partial charge in [0.15, 0.2) is 0 Å². The third kappa shape index (κ3) is 3.41. The standard InChI is InChI=1S/C17H20N4O2/c1-13(20-10-8-18-12-20)17(23)19-11-14-4-6-15(7-5-14)21-9-2-3-16(21)22/h4-8,10,12-13H,2-3,9,11H2,1H3,(H,19,23)/t13-/m0/s1. The Morgan fingerprint density at radius 1 is 1.35 bits per heavy atom. The molecule has 120 valence electrons. The highest BCUT2D eigenvalue weighted by molar-refractivity contribution is 5.95. The zero-order chi connectivity index (χ0) is 16.2. The minimum Gasteiger partial charge on any atom is -0.350 e. The number of hydrogen-bond acceptors (Lipinski definition) is 3. The van der Waals surface area contributed by atoms with Gasteiger partial charge >= 0.3 is 0 Å². The lowest BCUT2D eigenvalue weighted by atomic mass is 10.2. The maximum Gasteiger partial charge on any atom is 0.243 e. The quantitative estimate of drug-likeness (QED) is 0.917. The van der Waals surface area contributed by atoms with E-state index in [9.17, 15) is 9.59 Å². The first-order valence-corrected chi connectivity index (χ1v) is 7.79. The van der Waals surface area contributed by atoms with Gasteiger partial charge in [0.05, 0.1) is 6.33 Å². The molecule has 1 aliphatic heterocycles. The maximum absolute atomic E-state index is 12.1. The van der Waals surface area contributed by atoms with Crippen LogP contribution in [0.4, 0.5) is 5.69 Å². The molecule has 1 saturated heterocycles. The Morgan fingerprint density at radius 3 is 2.74 bits per heavy atom. The summed E-state index contributed by atoms with van der Waals surface area (Å²) in [5.41, 5.74) is 1.93. The Bertz CT molecular complexity index is 679. The van der Waals surface area contributed by atoms with E-state index in [1.54, 1.807) is 23.3 Å². The average Bonchev–Trinajstić information content (AvgIpc) is 3.24. The number of nitrogens with one attached hydrogen (secondary N) is 1. The molecule has 1 aromatic heterocycles. The Hall–Kier alpha value is -2.63. The van der Waals surface area contributed by atoms with Crippen LogP contribution in [0.3, 0.4) is 0 Å². The first kappa shape index (κ1) is 15.3. The highest BCUT2D eigenvalue weighted by atomic mass is 16.2. The molecule has 1 fully saturated rings. The van der Waals surface area contributed by atoms with Crippen LogP contribution in [0.15, 0.2) is 43.0 Å². The summed E-state index contributed by atoms with van der Waals surface area (Å²) in [5.74, 6) is 0.127. The summed E-state index contributed by atoms with van der Waals surface area (Å²) in [6.07, 6.45) is 6.60. The number of nitrogens with zero attached hydrogens (tertiary/aromatic N) is 3. The van der Waals surface area contributed by atoms with Crippen LogP contribution in [0.1, 0.15) is 31.4 Å². The summed E-state index contributed by atoms with van der Waals surface area (Å²) in [6, 6.07) is 7.47. The molecule has 0 aliphatic carbocycles. The topological polar surface area (TPSA) is 67.2 Å². The van der Waals surface area contributed by atoms with Crippen molar-refractivity contribution in [1.29, 1.82) is 0 Å². The van der Waals surface area contributed by atoms with Gasteiger partial charge in [0.25, 0.3) is 0 Å². The second-order valence-electron chi connectivity index (χ2n) is 5.72. The van der Waals surface area contributed by atoms with Crippen molar-refractivity contribution in [3.8, 4) is 0 Å². The van der Waals surface area contributed by atoms with E-state index >= 15 is 0 Å². The van der Waals surface area contributed by atoms with E-state index in [4.69, 9.17) is 0 Å². The Balaban J connectivity index is 1.56. The molecular formula is C17H20N4O2. The minimum atomic E-state index is -0.293. The lowest BCUT2D eigenvalue weighted by molar-refractivity contribution is -0.124. The fourth-order valence-corrected chi connectivity index (χ4v) is 2.69. The van der Waals surface area contributed by atoms with Gasteiger partial charge in [-0.1, -0.05) is 12.1 Å². The van der Waals surface area contributed by atoms with Gasteiger partial charge in [0, 0.05) is 37.6 Å². The van der Waals surface area contributed by atoms with Crippen LogP contribution in [0.2, 0.25) is 0 Å². The van der Waals surface area contributed by atoms with Crippen LogP contribution in [0, 0.1) is 0 Å². The molecule has 0 bridgehead atoms. The molecule has 1 atom stereocenters. The van der Waals surface area contributed by atoms with Crippen LogP contribution in [0.25, 0.3) is 0 Å². The molecule has 0 unspecified atom stereocenters. The van der Waals surface area contributed by atoms with Gasteiger partial charge in [-0.2, -0.15) is 0 Å². The van der Waals surface area contributed by atoms with Crippen LogP contribution < -0.4 is 10.2 Å². The van der Waals surface area contributed by atoms with Gasteiger partial charge in [-0.15, -0.1) is 0 Å². The maximum atomic E-state index is 12.1. The molecule has 3 rings (SSSR count). The summed E-state index contributed by atoms with van der Waals surface area (Å²) in [7, 11) is 0. The predicted octanol–water partition coefficient (Wildman–Crippen LogP) is 1.89. The molecule has 1 aromatic carbocycles. The van der Waals surface area contributed by atoms with E-state index in [-0.39, 0.29) is 17.9 Å². The highest BCUT2D eigenvalue weighted by Crippen LogP contribution is 2.21. The number of carbonyl (C=O) groups is 2. The van der Waals surface area contributed by atoms with E-state index < -0.39 is 0 Å². The van der Waals surface area contributed by atoms with Crippen molar-refractivity contribution in [2.75, 3.05) is 11.4 Å². The molecule has 6 heteroatoms. The van der Waals surface area contributed by atoms with Gasteiger partial charge in [-0.25, -0.2) is 4.98 Å². The van der Waals surface area contributed by atoms with Gasteiger partial charge in [-0.05, 0) is 31.0 Å². The Morgan fingerprint density at radius 2 is 2.13 bits per heavy atom. The molecule has 6 nitrogen and oxygen atoms in total. The number of anilines is 1. The number of carbonyl (C=O) groups excluding carboxylic acids is 2. The molecule has 1 N–H and O–H groups in total. The van der Waals surface area contributed by atoms with E-state index in [2.05, 4.69) is 10.3 Å². The van der Waals surface area contributed by atoms with Crippen molar-refractivity contribution in [2.24, 2.45) is 0 Å². The molecule has 2 amide bonds. The van der Waals surface area contributed by atoms with Gasteiger partial charge < -0.3 is 14.8 Å². The molecule has 2 heterocycles. The van der Waals surface area contributed by atoms with E-state index in [1.165, 1.54) is 0 Å². The SMILES string of the molecule is C[C@@H](C(=O)NCc1ccc(N2CCCC2=O)cc1)n1ccnc1.